The summed E-state index contributed by atoms with van der Waals surface area (Å²) in [5.41, 5.74) is 3.05. The number of ether oxygens (including phenoxy) is 1. The Balaban J connectivity index is 2.11. The Morgan fingerprint density at radius 3 is 2.71 bits per heavy atom. The van der Waals surface area contributed by atoms with E-state index < -0.39 is 0 Å². The average molecular weight is 357 g/mol. The molecule has 1 aromatic heterocycles. The molecule has 0 N–H and O–H groups in total. The summed E-state index contributed by atoms with van der Waals surface area (Å²) in [6, 6.07) is 15.7. The average Bonchev–Trinajstić information content (AvgIpc) is 3.04. The third-order valence-electron chi connectivity index (χ3n) is 3.51. The van der Waals surface area contributed by atoms with Gasteiger partial charge in [-0.25, -0.2) is 4.98 Å². The van der Waals surface area contributed by atoms with Crippen LogP contribution in [0.15, 0.2) is 72.5 Å². The molecule has 3 rings (SSSR count). The predicted octanol–water partition coefficient (Wildman–Crippen LogP) is 5.48. The highest BCUT2D eigenvalue weighted by Gasteiger charge is 2.14. The molecule has 0 saturated heterocycles. The molecule has 3 aromatic rings. The van der Waals surface area contributed by atoms with Gasteiger partial charge in [0.25, 0.3) is 0 Å². The Hall–Kier alpha value is -2.17. The standard InChI is InChI=1S/C19H17ClN2OS/c1-3-11-24-19-21-13-18(14-7-9-17(23-2)10-8-14)22(19)16-6-4-5-15(20)12-16/h3-10,12-13H,1,11H2,2H3. The van der Waals surface area contributed by atoms with E-state index >= 15 is 0 Å². The molecule has 0 amide bonds. The normalized spacial score (nSPS) is 10.6. The van der Waals surface area contributed by atoms with E-state index in [1.807, 2.05) is 60.8 Å². The van der Waals surface area contributed by atoms with Gasteiger partial charge >= 0.3 is 0 Å². The second-order valence-electron chi connectivity index (χ2n) is 5.07. The second kappa shape index (κ2) is 7.60. The van der Waals surface area contributed by atoms with Gasteiger partial charge in [-0.2, -0.15) is 0 Å². The monoisotopic (exact) mass is 356 g/mol. The first-order valence-corrected chi connectivity index (χ1v) is 8.81. The number of nitrogens with zero attached hydrogens (tertiary/aromatic N) is 2. The molecule has 0 aliphatic rings. The minimum Gasteiger partial charge on any atom is -0.497 e. The van der Waals surface area contributed by atoms with E-state index in [1.54, 1.807) is 18.9 Å². The number of benzene rings is 2. The number of imidazole rings is 1. The van der Waals surface area contributed by atoms with Crippen LogP contribution in [-0.4, -0.2) is 22.4 Å². The Kier molecular flexibility index (Phi) is 5.28. The largest absolute Gasteiger partial charge is 0.497 e. The van der Waals surface area contributed by atoms with Crippen molar-refractivity contribution < 1.29 is 4.74 Å². The molecule has 0 fully saturated rings. The Morgan fingerprint density at radius 2 is 2.04 bits per heavy atom. The van der Waals surface area contributed by atoms with Gasteiger partial charge in [0, 0.05) is 22.0 Å². The van der Waals surface area contributed by atoms with E-state index in [4.69, 9.17) is 16.3 Å². The zero-order chi connectivity index (χ0) is 16.9. The van der Waals surface area contributed by atoms with Crippen LogP contribution in [0.25, 0.3) is 16.9 Å². The maximum Gasteiger partial charge on any atom is 0.173 e. The van der Waals surface area contributed by atoms with Gasteiger partial charge in [0.05, 0.1) is 19.0 Å². The molecule has 24 heavy (non-hydrogen) atoms. The third-order valence-corrected chi connectivity index (χ3v) is 4.70. The first kappa shape index (κ1) is 16.7. The second-order valence-corrected chi connectivity index (χ2v) is 6.49. The van der Waals surface area contributed by atoms with Gasteiger partial charge in [-0.05, 0) is 42.5 Å². The number of aromatic nitrogens is 2. The molecule has 0 spiro atoms. The smallest absolute Gasteiger partial charge is 0.173 e. The highest BCUT2D eigenvalue weighted by Crippen LogP contribution is 2.31. The molecule has 5 heteroatoms. The van der Waals surface area contributed by atoms with Crippen LogP contribution in [0.3, 0.4) is 0 Å². The van der Waals surface area contributed by atoms with E-state index in [0.717, 1.165) is 33.6 Å². The Labute approximate surface area is 150 Å². The third kappa shape index (κ3) is 3.50. The van der Waals surface area contributed by atoms with E-state index in [1.165, 1.54) is 0 Å². The number of hydrogen-bond acceptors (Lipinski definition) is 3. The molecule has 1 heterocycles. The molecule has 0 unspecified atom stereocenters. The summed E-state index contributed by atoms with van der Waals surface area (Å²) in [6.45, 7) is 3.78. The molecule has 0 atom stereocenters. The minimum absolute atomic E-state index is 0.696. The van der Waals surface area contributed by atoms with Crippen LogP contribution in [0.1, 0.15) is 0 Å². The lowest BCUT2D eigenvalue weighted by atomic mass is 10.1. The number of rotatable bonds is 6. The number of methoxy groups -OCH3 is 1. The van der Waals surface area contributed by atoms with Gasteiger partial charge in [0.15, 0.2) is 5.16 Å². The van der Waals surface area contributed by atoms with E-state index in [0.29, 0.717) is 5.02 Å². The Bertz CT molecular complexity index is 843. The van der Waals surface area contributed by atoms with Crippen LogP contribution in [-0.2, 0) is 0 Å². The number of thioether (sulfide) groups is 1. The SMILES string of the molecule is C=CCSc1ncc(-c2ccc(OC)cc2)n1-c1cccc(Cl)c1. The highest BCUT2D eigenvalue weighted by molar-refractivity contribution is 7.99. The maximum atomic E-state index is 6.18. The van der Waals surface area contributed by atoms with Crippen molar-refractivity contribution in [3.8, 4) is 22.7 Å². The van der Waals surface area contributed by atoms with Gasteiger partial charge in [-0.1, -0.05) is 35.5 Å². The summed E-state index contributed by atoms with van der Waals surface area (Å²) in [5.74, 6) is 1.62. The van der Waals surface area contributed by atoms with Gasteiger partial charge in [-0.15, -0.1) is 6.58 Å². The van der Waals surface area contributed by atoms with Crippen molar-refractivity contribution in [2.24, 2.45) is 0 Å². The van der Waals surface area contributed by atoms with E-state index in [2.05, 4.69) is 16.1 Å². The molecule has 0 bridgehead atoms. The molecule has 122 valence electrons. The molecule has 3 nitrogen and oxygen atoms in total. The topological polar surface area (TPSA) is 27.1 Å². The summed E-state index contributed by atoms with van der Waals surface area (Å²) in [6.07, 6.45) is 3.75. The lowest BCUT2D eigenvalue weighted by Gasteiger charge is -2.12. The summed E-state index contributed by atoms with van der Waals surface area (Å²) in [5, 5.41) is 1.60. The van der Waals surface area contributed by atoms with Gasteiger partial charge in [0.1, 0.15) is 5.75 Å². The van der Waals surface area contributed by atoms with Crippen molar-refractivity contribution in [1.82, 2.24) is 9.55 Å². The summed E-state index contributed by atoms with van der Waals surface area (Å²) in [7, 11) is 1.66. The summed E-state index contributed by atoms with van der Waals surface area (Å²) >= 11 is 7.82. The molecule has 0 aliphatic carbocycles. The minimum atomic E-state index is 0.696. The molecule has 0 radical (unpaired) electrons. The lowest BCUT2D eigenvalue weighted by Crippen LogP contribution is -1.99. The van der Waals surface area contributed by atoms with Crippen molar-refractivity contribution >= 4 is 23.4 Å². The molecular weight excluding hydrogens is 340 g/mol. The fourth-order valence-corrected chi connectivity index (χ4v) is 3.31. The van der Waals surface area contributed by atoms with Crippen molar-refractivity contribution in [1.29, 1.82) is 0 Å². The summed E-state index contributed by atoms with van der Waals surface area (Å²) in [4.78, 5) is 4.58. The fourth-order valence-electron chi connectivity index (χ4n) is 2.40. The quantitative estimate of drug-likeness (QED) is 0.432. The van der Waals surface area contributed by atoms with Crippen LogP contribution < -0.4 is 4.74 Å². The molecule has 2 aromatic carbocycles. The Morgan fingerprint density at radius 1 is 1.25 bits per heavy atom. The van der Waals surface area contributed by atoms with Crippen molar-refractivity contribution in [3.05, 3.63) is 72.4 Å². The van der Waals surface area contributed by atoms with Gasteiger partial charge in [-0.3, -0.25) is 4.57 Å². The van der Waals surface area contributed by atoms with Crippen molar-refractivity contribution in [2.75, 3.05) is 12.9 Å². The van der Waals surface area contributed by atoms with Gasteiger partial charge < -0.3 is 4.74 Å². The van der Waals surface area contributed by atoms with E-state index in [-0.39, 0.29) is 0 Å². The molecule has 0 aliphatic heterocycles. The predicted molar refractivity (Wildman–Crippen MR) is 101 cm³/mol. The van der Waals surface area contributed by atoms with E-state index in [9.17, 15) is 0 Å². The molecule has 0 saturated carbocycles. The van der Waals surface area contributed by atoms with Crippen LogP contribution in [0.2, 0.25) is 5.02 Å². The zero-order valence-corrected chi connectivity index (χ0v) is 14.8. The first-order valence-electron chi connectivity index (χ1n) is 7.44. The van der Waals surface area contributed by atoms with Gasteiger partial charge in [0.2, 0.25) is 0 Å². The maximum absolute atomic E-state index is 6.18. The van der Waals surface area contributed by atoms with Crippen LogP contribution in [0.5, 0.6) is 5.75 Å². The summed E-state index contributed by atoms with van der Waals surface area (Å²) < 4.78 is 7.35. The highest BCUT2D eigenvalue weighted by atomic mass is 35.5. The lowest BCUT2D eigenvalue weighted by molar-refractivity contribution is 0.415. The van der Waals surface area contributed by atoms with Crippen LogP contribution in [0.4, 0.5) is 0 Å². The van der Waals surface area contributed by atoms with Crippen molar-refractivity contribution in [2.45, 2.75) is 5.16 Å². The molecular formula is C19H17ClN2OS. The fraction of sp³-hybridized carbons (Fsp3) is 0.105. The van der Waals surface area contributed by atoms with Crippen LogP contribution >= 0.6 is 23.4 Å². The number of hydrogen-bond donors (Lipinski definition) is 0. The zero-order valence-electron chi connectivity index (χ0n) is 13.3. The van der Waals surface area contributed by atoms with Crippen LogP contribution in [0, 0.1) is 0 Å². The number of halogens is 1. The first-order chi connectivity index (χ1) is 11.7. The van der Waals surface area contributed by atoms with Crippen molar-refractivity contribution in [3.63, 3.8) is 0 Å².